The molecule has 0 unspecified atom stereocenters. The molecule has 2 aliphatic rings. The summed E-state index contributed by atoms with van der Waals surface area (Å²) in [6.07, 6.45) is 24.8. The van der Waals surface area contributed by atoms with Crippen LogP contribution in [-0.2, 0) is 0 Å². The fraction of sp³-hybridized carbons (Fsp3) is 1.00. The van der Waals surface area contributed by atoms with Crippen LogP contribution in [0.2, 0.25) is 0 Å². The highest BCUT2D eigenvalue weighted by Gasteiger charge is 2.37. The zero-order valence-electron chi connectivity index (χ0n) is 16.2. The van der Waals surface area contributed by atoms with Crippen molar-refractivity contribution in [1.29, 1.82) is 0 Å². The molecule has 2 rings (SSSR count). The fourth-order valence-corrected chi connectivity index (χ4v) is 6.32. The third-order valence-electron chi connectivity index (χ3n) is 7.13. The Hall–Kier alpha value is 0.350. The molecule has 0 aromatic carbocycles. The van der Waals surface area contributed by atoms with Gasteiger partial charge in [-0.25, -0.2) is 0 Å². The van der Waals surface area contributed by atoms with Gasteiger partial charge in [0.25, 0.3) is 0 Å². The molecule has 0 amide bonds. The lowest BCUT2D eigenvalue weighted by atomic mass is 9.68. The lowest BCUT2D eigenvalue weighted by molar-refractivity contribution is 0.148. The first-order valence-corrected chi connectivity index (χ1v) is 12.0. The highest BCUT2D eigenvalue weighted by Crippen LogP contribution is 2.48. The number of rotatable bonds is 9. The Labute approximate surface area is 151 Å². The van der Waals surface area contributed by atoms with E-state index in [1.807, 2.05) is 0 Å². The van der Waals surface area contributed by atoms with Gasteiger partial charge in [-0.1, -0.05) is 65.2 Å². The van der Waals surface area contributed by atoms with E-state index >= 15 is 0 Å². The average Bonchev–Trinajstić information content (AvgIpc) is 2.61. The standard InChI is InChI=1S/C22H42S/c1-4-6-8-16-22(23-3)17-14-21(15-18-22)20-12-10-19(11-13-20)9-7-5-2/h19-21H,4-18H2,1-3H3. The molecular weight excluding hydrogens is 296 g/mol. The van der Waals surface area contributed by atoms with Crippen molar-refractivity contribution < 1.29 is 0 Å². The summed E-state index contributed by atoms with van der Waals surface area (Å²) >= 11 is 2.20. The molecule has 1 heteroatoms. The van der Waals surface area contributed by atoms with E-state index in [9.17, 15) is 0 Å². The first-order chi connectivity index (χ1) is 11.2. The molecule has 2 fully saturated rings. The maximum absolute atomic E-state index is 2.38. The average molecular weight is 339 g/mol. The molecule has 0 bridgehead atoms. The van der Waals surface area contributed by atoms with Gasteiger partial charge in [0.15, 0.2) is 0 Å². The predicted octanol–water partition coefficient (Wildman–Crippen LogP) is 7.86. The largest absolute Gasteiger partial charge is 0.159 e. The molecule has 23 heavy (non-hydrogen) atoms. The molecule has 0 radical (unpaired) electrons. The topological polar surface area (TPSA) is 0 Å². The van der Waals surface area contributed by atoms with Gasteiger partial charge in [0, 0.05) is 4.75 Å². The summed E-state index contributed by atoms with van der Waals surface area (Å²) < 4.78 is 0.657. The van der Waals surface area contributed by atoms with Crippen LogP contribution in [-0.4, -0.2) is 11.0 Å². The van der Waals surface area contributed by atoms with Crippen LogP contribution in [0.5, 0.6) is 0 Å². The summed E-state index contributed by atoms with van der Waals surface area (Å²) in [5.41, 5.74) is 0. The molecule has 0 saturated heterocycles. The SMILES string of the molecule is CCCCCC1(SC)CCC(C2CCC(CCCC)CC2)CC1. The Balaban J connectivity index is 1.71. The van der Waals surface area contributed by atoms with E-state index in [0.29, 0.717) is 4.75 Å². The van der Waals surface area contributed by atoms with Crippen LogP contribution >= 0.6 is 11.8 Å². The molecule has 0 aromatic heterocycles. The third kappa shape index (κ3) is 5.98. The predicted molar refractivity (Wildman–Crippen MR) is 107 cm³/mol. The summed E-state index contributed by atoms with van der Waals surface area (Å²) in [7, 11) is 0. The zero-order valence-corrected chi connectivity index (χ0v) is 17.1. The van der Waals surface area contributed by atoms with Crippen LogP contribution in [0.4, 0.5) is 0 Å². The highest BCUT2D eigenvalue weighted by atomic mass is 32.2. The number of unbranched alkanes of at least 4 members (excludes halogenated alkanes) is 3. The second kappa shape index (κ2) is 10.4. The Morgan fingerprint density at radius 2 is 1.39 bits per heavy atom. The van der Waals surface area contributed by atoms with Gasteiger partial charge in [-0.2, -0.15) is 11.8 Å². The van der Waals surface area contributed by atoms with Crippen molar-refractivity contribution in [3.05, 3.63) is 0 Å². The van der Waals surface area contributed by atoms with Gasteiger partial charge in [-0.3, -0.25) is 0 Å². The van der Waals surface area contributed by atoms with Gasteiger partial charge in [0.2, 0.25) is 0 Å². The Morgan fingerprint density at radius 3 is 1.96 bits per heavy atom. The van der Waals surface area contributed by atoms with Crippen molar-refractivity contribution in [2.45, 2.75) is 115 Å². The summed E-state index contributed by atoms with van der Waals surface area (Å²) in [5, 5.41) is 0. The van der Waals surface area contributed by atoms with Gasteiger partial charge < -0.3 is 0 Å². The van der Waals surface area contributed by atoms with Gasteiger partial charge in [0.05, 0.1) is 0 Å². The van der Waals surface area contributed by atoms with Crippen molar-refractivity contribution in [2.75, 3.05) is 6.26 Å². The van der Waals surface area contributed by atoms with Gasteiger partial charge in [-0.05, 0) is 69.0 Å². The van der Waals surface area contributed by atoms with E-state index in [0.717, 1.165) is 17.8 Å². The first-order valence-electron chi connectivity index (χ1n) is 10.8. The summed E-state index contributed by atoms with van der Waals surface area (Å²) in [4.78, 5) is 0. The lowest BCUT2D eigenvalue weighted by Gasteiger charge is -2.43. The molecule has 0 spiro atoms. The van der Waals surface area contributed by atoms with Crippen molar-refractivity contribution in [3.63, 3.8) is 0 Å². The number of thioether (sulfide) groups is 1. The van der Waals surface area contributed by atoms with Crippen molar-refractivity contribution >= 4 is 11.8 Å². The highest BCUT2D eigenvalue weighted by molar-refractivity contribution is 8.00. The molecule has 2 saturated carbocycles. The Morgan fingerprint density at radius 1 is 0.783 bits per heavy atom. The molecule has 2 aliphatic carbocycles. The van der Waals surface area contributed by atoms with Gasteiger partial charge in [0.1, 0.15) is 0 Å². The van der Waals surface area contributed by atoms with Crippen LogP contribution < -0.4 is 0 Å². The molecule has 136 valence electrons. The van der Waals surface area contributed by atoms with E-state index < -0.39 is 0 Å². The zero-order chi connectivity index (χ0) is 16.5. The second-order valence-electron chi connectivity index (χ2n) is 8.60. The van der Waals surface area contributed by atoms with Crippen LogP contribution in [0.3, 0.4) is 0 Å². The minimum absolute atomic E-state index is 0.657. The van der Waals surface area contributed by atoms with Crippen molar-refractivity contribution in [1.82, 2.24) is 0 Å². The van der Waals surface area contributed by atoms with Crippen molar-refractivity contribution in [2.24, 2.45) is 17.8 Å². The maximum Gasteiger partial charge on any atom is 0.0157 e. The molecule has 0 aromatic rings. The summed E-state index contributed by atoms with van der Waals surface area (Å²) in [6.45, 7) is 4.67. The number of hydrogen-bond acceptors (Lipinski definition) is 1. The molecule has 0 atom stereocenters. The molecule has 0 nitrogen and oxygen atoms in total. The maximum atomic E-state index is 2.38. The minimum atomic E-state index is 0.657. The Kier molecular flexibility index (Phi) is 8.87. The second-order valence-corrected chi connectivity index (χ2v) is 9.88. The van der Waals surface area contributed by atoms with E-state index in [4.69, 9.17) is 0 Å². The first kappa shape index (κ1) is 19.7. The quantitative estimate of drug-likeness (QED) is 0.386. The smallest absolute Gasteiger partial charge is 0.0157 e. The van der Waals surface area contributed by atoms with E-state index in [2.05, 4.69) is 31.9 Å². The molecule has 0 heterocycles. The van der Waals surface area contributed by atoms with Crippen LogP contribution in [0.1, 0.15) is 110 Å². The van der Waals surface area contributed by atoms with Gasteiger partial charge in [-0.15, -0.1) is 0 Å². The normalized spacial score (nSPS) is 35.3. The van der Waals surface area contributed by atoms with Crippen LogP contribution in [0, 0.1) is 17.8 Å². The lowest BCUT2D eigenvalue weighted by Crippen LogP contribution is -2.34. The number of hydrogen-bond donors (Lipinski definition) is 0. The molecule has 0 N–H and O–H groups in total. The summed E-state index contributed by atoms with van der Waals surface area (Å²) in [6, 6.07) is 0. The fourth-order valence-electron chi connectivity index (χ4n) is 5.33. The molecule has 0 aliphatic heterocycles. The van der Waals surface area contributed by atoms with Gasteiger partial charge >= 0.3 is 0 Å². The summed E-state index contributed by atoms with van der Waals surface area (Å²) in [5.74, 6) is 3.24. The van der Waals surface area contributed by atoms with E-state index in [1.165, 1.54) is 70.6 Å². The van der Waals surface area contributed by atoms with Crippen molar-refractivity contribution in [3.8, 4) is 0 Å². The van der Waals surface area contributed by atoms with E-state index in [-0.39, 0.29) is 0 Å². The van der Waals surface area contributed by atoms with Crippen LogP contribution in [0.15, 0.2) is 0 Å². The Bertz CT molecular complexity index is 295. The molecular formula is C22H42S. The van der Waals surface area contributed by atoms with E-state index in [1.54, 1.807) is 25.7 Å². The van der Waals surface area contributed by atoms with Crippen LogP contribution in [0.25, 0.3) is 0 Å². The third-order valence-corrected chi connectivity index (χ3v) is 8.61. The monoisotopic (exact) mass is 338 g/mol. The minimum Gasteiger partial charge on any atom is -0.159 e.